The van der Waals surface area contributed by atoms with Crippen LogP contribution < -0.4 is 15.0 Å². The molecule has 1 aromatic rings. The third kappa shape index (κ3) is 4.16. The summed E-state index contributed by atoms with van der Waals surface area (Å²) in [5.74, 6) is 1.87. The van der Waals surface area contributed by atoms with Gasteiger partial charge in [-0.05, 0) is 50.3 Å². The third-order valence-corrected chi connectivity index (χ3v) is 5.26. The molecule has 3 heteroatoms. The van der Waals surface area contributed by atoms with Crippen molar-refractivity contribution in [2.45, 2.75) is 51.0 Å². The monoisotopic (exact) mass is 302 g/mol. The second-order valence-electron chi connectivity index (χ2n) is 6.90. The number of rotatable bonds is 5. The van der Waals surface area contributed by atoms with Gasteiger partial charge in [0.25, 0.3) is 0 Å². The standard InChI is InChI=1S/C19H30N2O/c1-22-19-11-5-10-18(13-19)21-12-6-9-17(15-21)20-14-16-7-3-2-4-8-16/h5,10-11,13,16-17,20H,2-4,6-9,12,14-15H2,1H3. The number of benzene rings is 1. The Labute approximate surface area is 135 Å². The SMILES string of the molecule is COc1cccc(N2CCCC(NCC3CCCCC3)C2)c1. The minimum absolute atomic E-state index is 0.641. The predicted molar refractivity (Wildman–Crippen MR) is 92.8 cm³/mol. The molecule has 1 aliphatic carbocycles. The Morgan fingerprint density at radius 3 is 2.82 bits per heavy atom. The molecule has 1 saturated heterocycles. The molecule has 3 nitrogen and oxygen atoms in total. The van der Waals surface area contributed by atoms with Crippen LogP contribution in [0.5, 0.6) is 5.75 Å². The van der Waals surface area contributed by atoms with E-state index in [1.165, 1.54) is 57.2 Å². The minimum atomic E-state index is 0.641. The maximum Gasteiger partial charge on any atom is 0.120 e. The molecular formula is C19H30N2O. The molecule has 122 valence electrons. The highest BCUT2D eigenvalue weighted by atomic mass is 16.5. The lowest BCUT2D eigenvalue weighted by molar-refractivity contribution is 0.314. The van der Waals surface area contributed by atoms with Crippen LogP contribution in [-0.2, 0) is 0 Å². The highest BCUT2D eigenvalue weighted by Crippen LogP contribution is 2.25. The number of hydrogen-bond acceptors (Lipinski definition) is 3. The topological polar surface area (TPSA) is 24.5 Å². The summed E-state index contributed by atoms with van der Waals surface area (Å²) in [6, 6.07) is 9.11. The molecule has 0 amide bonds. The van der Waals surface area contributed by atoms with Gasteiger partial charge in [-0.2, -0.15) is 0 Å². The van der Waals surface area contributed by atoms with E-state index in [-0.39, 0.29) is 0 Å². The van der Waals surface area contributed by atoms with Crippen molar-refractivity contribution >= 4 is 5.69 Å². The number of piperidine rings is 1. The van der Waals surface area contributed by atoms with E-state index in [1.54, 1.807) is 7.11 Å². The molecule has 1 N–H and O–H groups in total. The molecule has 1 saturated carbocycles. The van der Waals surface area contributed by atoms with E-state index in [0.29, 0.717) is 6.04 Å². The van der Waals surface area contributed by atoms with Crippen molar-refractivity contribution in [2.75, 3.05) is 31.6 Å². The van der Waals surface area contributed by atoms with Gasteiger partial charge in [-0.1, -0.05) is 25.3 Å². The van der Waals surface area contributed by atoms with E-state index < -0.39 is 0 Å². The quantitative estimate of drug-likeness (QED) is 0.894. The first-order valence-corrected chi connectivity index (χ1v) is 8.97. The molecule has 1 heterocycles. The first-order chi connectivity index (χ1) is 10.8. The highest BCUT2D eigenvalue weighted by molar-refractivity contribution is 5.51. The van der Waals surface area contributed by atoms with Crippen molar-refractivity contribution in [2.24, 2.45) is 5.92 Å². The molecule has 1 atom stereocenters. The van der Waals surface area contributed by atoms with E-state index in [9.17, 15) is 0 Å². The molecule has 0 bridgehead atoms. The lowest BCUT2D eigenvalue weighted by atomic mass is 9.89. The molecule has 0 aromatic heterocycles. The van der Waals surface area contributed by atoms with Crippen LogP contribution >= 0.6 is 0 Å². The maximum atomic E-state index is 5.36. The molecule has 2 fully saturated rings. The smallest absolute Gasteiger partial charge is 0.120 e. The second-order valence-corrected chi connectivity index (χ2v) is 6.90. The summed E-state index contributed by atoms with van der Waals surface area (Å²) in [6.07, 6.45) is 9.77. The van der Waals surface area contributed by atoms with E-state index in [2.05, 4.69) is 28.4 Å². The number of nitrogens with one attached hydrogen (secondary N) is 1. The van der Waals surface area contributed by atoms with Crippen LogP contribution in [0.3, 0.4) is 0 Å². The number of nitrogens with zero attached hydrogens (tertiary/aromatic N) is 1. The Kier molecular flexibility index (Phi) is 5.60. The van der Waals surface area contributed by atoms with Gasteiger partial charge < -0.3 is 15.0 Å². The molecule has 0 spiro atoms. The fourth-order valence-electron chi connectivity index (χ4n) is 3.91. The van der Waals surface area contributed by atoms with Gasteiger partial charge in [-0.3, -0.25) is 0 Å². The minimum Gasteiger partial charge on any atom is -0.497 e. The molecular weight excluding hydrogens is 272 g/mol. The zero-order valence-electron chi connectivity index (χ0n) is 13.9. The number of anilines is 1. The van der Waals surface area contributed by atoms with E-state index in [4.69, 9.17) is 4.74 Å². The fraction of sp³-hybridized carbons (Fsp3) is 0.684. The average molecular weight is 302 g/mol. The van der Waals surface area contributed by atoms with Gasteiger partial charge in [0.05, 0.1) is 7.11 Å². The molecule has 3 rings (SSSR count). The van der Waals surface area contributed by atoms with Crippen LogP contribution in [-0.4, -0.2) is 32.8 Å². The second kappa shape index (κ2) is 7.87. The molecule has 0 radical (unpaired) electrons. The van der Waals surface area contributed by atoms with Crippen LogP contribution in [0.2, 0.25) is 0 Å². The average Bonchev–Trinajstić information content (AvgIpc) is 2.61. The van der Waals surface area contributed by atoms with Crippen molar-refractivity contribution in [1.82, 2.24) is 5.32 Å². The summed E-state index contributed by atoms with van der Waals surface area (Å²) in [5.41, 5.74) is 1.29. The van der Waals surface area contributed by atoms with Crippen LogP contribution in [0.4, 0.5) is 5.69 Å². The summed E-state index contributed by atoms with van der Waals surface area (Å²) >= 11 is 0. The Morgan fingerprint density at radius 2 is 2.00 bits per heavy atom. The van der Waals surface area contributed by atoms with Gasteiger partial charge in [-0.15, -0.1) is 0 Å². The van der Waals surface area contributed by atoms with Crippen molar-refractivity contribution in [3.05, 3.63) is 24.3 Å². The zero-order valence-corrected chi connectivity index (χ0v) is 13.9. The van der Waals surface area contributed by atoms with Gasteiger partial charge in [0, 0.05) is 30.9 Å². The predicted octanol–water partition coefficient (Wildman–Crippen LogP) is 3.83. The zero-order chi connectivity index (χ0) is 15.2. The fourth-order valence-corrected chi connectivity index (χ4v) is 3.91. The van der Waals surface area contributed by atoms with Crippen molar-refractivity contribution in [1.29, 1.82) is 0 Å². The maximum absolute atomic E-state index is 5.36. The Balaban J connectivity index is 1.52. The largest absolute Gasteiger partial charge is 0.497 e. The number of hydrogen-bond donors (Lipinski definition) is 1. The van der Waals surface area contributed by atoms with Crippen LogP contribution in [0.1, 0.15) is 44.9 Å². The van der Waals surface area contributed by atoms with Crippen LogP contribution in [0, 0.1) is 5.92 Å². The highest BCUT2D eigenvalue weighted by Gasteiger charge is 2.21. The first-order valence-electron chi connectivity index (χ1n) is 8.97. The molecule has 22 heavy (non-hydrogen) atoms. The summed E-state index contributed by atoms with van der Waals surface area (Å²) in [7, 11) is 1.74. The van der Waals surface area contributed by atoms with E-state index >= 15 is 0 Å². The van der Waals surface area contributed by atoms with Gasteiger partial charge in [0.1, 0.15) is 5.75 Å². The summed E-state index contributed by atoms with van der Waals surface area (Å²) in [6.45, 7) is 3.51. The van der Waals surface area contributed by atoms with Crippen LogP contribution in [0.25, 0.3) is 0 Å². The molecule has 2 aliphatic rings. The normalized spacial score (nSPS) is 23.5. The Bertz CT molecular complexity index is 457. The lowest BCUT2D eigenvalue weighted by Gasteiger charge is -2.36. The summed E-state index contributed by atoms with van der Waals surface area (Å²) in [5, 5.41) is 3.85. The van der Waals surface area contributed by atoms with Gasteiger partial charge in [0.15, 0.2) is 0 Å². The lowest BCUT2D eigenvalue weighted by Crippen LogP contribution is -2.47. The number of ether oxygens (including phenoxy) is 1. The molecule has 1 aromatic carbocycles. The van der Waals surface area contributed by atoms with Gasteiger partial charge in [-0.25, -0.2) is 0 Å². The van der Waals surface area contributed by atoms with E-state index in [1.807, 2.05) is 6.07 Å². The van der Waals surface area contributed by atoms with Crippen molar-refractivity contribution in [3.8, 4) is 5.75 Å². The molecule has 1 unspecified atom stereocenters. The van der Waals surface area contributed by atoms with Crippen molar-refractivity contribution in [3.63, 3.8) is 0 Å². The van der Waals surface area contributed by atoms with E-state index in [0.717, 1.165) is 24.8 Å². The first kappa shape index (κ1) is 15.7. The Hall–Kier alpha value is -1.22. The van der Waals surface area contributed by atoms with Crippen molar-refractivity contribution < 1.29 is 4.74 Å². The number of methoxy groups -OCH3 is 1. The third-order valence-electron chi connectivity index (χ3n) is 5.26. The van der Waals surface area contributed by atoms with Gasteiger partial charge >= 0.3 is 0 Å². The Morgan fingerprint density at radius 1 is 1.14 bits per heavy atom. The summed E-state index contributed by atoms with van der Waals surface area (Å²) < 4.78 is 5.36. The molecule has 1 aliphatic heterocycles. The van der Waals surface area contributed by atoms with Gasteiger partial charge in [0.2, 0.25) is 0 Å². The summed E-state index contributed by atoms with van der Waals surface area (Å²) in [4.78, 5) is 2.50. The van der Waals surface area contributed by atoms with Crippen LogP contribution in [0.15, 0.2) is 24.3 Å².